The quantitative estimate of drug-likeness (QED) is 0.634. The highest BCUT2D eigenvalue weighted by Crippen LogP contribution is 2.33. The first kappa shape index (κ1) is 17.7. The van der Waals surface area contributed by atoms with Crippen molar-refractivity contribution in [3.8, 4) is 0 Å². The van der Waals surface area contributed by atoms with Gasteiger partial charge in [0.05, 0.1) is 6.04 Å². The normalized spacial score (nSPS) is 19.0. The molecular weight excluding hydrogens is 310 g/mol. The van der Waals surface area contributed by atoms with Crippen molar-refractivity contribution in [2.24, 2.45) is 0 Å². The third-order valence-corrected chi connectivity index (χ3v) is 6.12. The van der Waals surface area contributed by atoms with Gasteiger partial charge in [-0.25, -0.2) is 0 Å². The molecule has 1 aromatic carbocycles. The number of carbonyl (C=O) groups is 1. The monoisotopic (exact) mass is 337 g/mol. The van der Waals surface area contributed by atoms with Gasteiger partial charge in [0.1, 0.15) is 0 Å². The van der Waals surface area contributed by atoms with E-state index in [1.165, 1.54) is 35.9 Å². The van der Waals surface area contributed by atoms with E-state index < -0.39 is 0 Å². The summed E-state index contributed by atoms with van der Waals surface area (Å²) in [4.78, 5) is 14.2. The maximum Gasteiger partial charge on any atom is 0.286 e. The number of nitrogens with zero attached hydrogens (tertiary/aromatic N) is 1. The Morgan fingerprint density at radius 1 is 1.27 bits per heavy atom. The lowest BCUT2D eigenvalue weighted by Gasteiger charge is -2.25. The largest absolute Gasteiger partial charge is 0.299 e. The standard InChI is InChI=1S/C18H27NOS2/c1-5-6-11-21-12-16-13-22-17(20)19(16)15-9-7-14(8-10-15)18(2,3)4/h7-10,16H,5-6,11-13H2,1-4H3/t16-/m0/s1. The molecule has 1 aromatic rings. The number of rotatable bonds is 6. The molecular formula is C18H27NOS2. The van der Waals surface area contributed by atoms with Crippen molar-refractivity contribution in [2.75, 3.05) is 22.2 Å². The molecule has 22 heavy (non-hydrogen) atoms. The van der Waals surface area contributed by atoms with Crippen molar-refractivity contribution < 1.29 is 4.79 Å². The number of hydrogen-bond acceptors (Lipinski definition) is 3. The Balaban J connectivity index is 2.05. The Morgan fingerprint density at radius 3 is 2.55 bits per heavy atom. The molecule has 1 saturated heterocycles. The minimum absolute atomic E-state index is 0.151. The summed E-state index contributed by atoms with van der Waals surface area (Å²) >= 11 is 3.43. The second-order valence-corrected chi connectivity index (χ2v) is 8.95. The maximum absolute atomic E-state index is 12.2. The third-order valence-electron chi connectivity index (χ3n) is 3.93. The predicted molar refractivity (Wildman–Crippen MR) is 101 cm³/mol. The van der Waals surface area contributed by atoms with E-state index in [2.05, 4.69) is 52.0 Å². The average molecular weight is 338 g/mol. The van der Waals surface area contributed by atoms with Crippen LogP contribution in [0.1, 0.15) is 46.1 Å². The average Bonchev–Trinajstić information content (AvgIpc) is 2.84. The van der Waals surface area contributed by atoms with Crippen LogP contribution in [0.2, 0.25) is 0 Å². The Hall–Kier alpha value is -0.610. The van der Waals surface area contributed by atoms with Crippen LogP contribution in [-0.4, -0.2) is 28.5 Å². The molecule has 1 aliphatic heterocycles. The van der Waals surface area contributed by atoms with Crippen molar-refractivity contribution in [1.29, 1.82) is 0 Å². The van der Waals surface area contributed by atoms with E-state index >= 15 is 0 Å². The summed E-state index contributed by atoms with van der Waals surface area (Å²) in [5, 5.41) is 0.199. The van der Waals surface area contributed by atoms with E-state index in [-0.39, 0.29) is 10.7 Å². The highest BCUT2D eigenvalue weighted by atomic mass is 32.2. The number of benzene rings is 1. The fourth-order valence-corrected chi connectivity index (χ4v) is 4.83. The predicted octanol–water partition coefficient (Wildman–Crippen LogP) is 5.56. The van der Waals surface area contributed by atoms with Crippen molar-refractivity contribution in [3.63, 3.8) is 0 Å². The van der Waals surface area contributed by atoms with Gasteiger partial charge < -0.3 is 0 Å². The third kappa shape index (κ3) is 4.45. The Bertz CT molecular complexity index is 493. The molecule has 4 heteroatoms. The van der Waals surface area contributed by atoms with E-state index in [0.717, 1.165) is 17.2 Å². The first-order valence-electron chi connectivity index (χ1n) is 8.07. The zero-order chi connectivity index (χ0) is 16.2. The molecule has 0 unspecified atom stereocenters. The number of carbonyl (C=O) groups excluding carboxylic acids is 1. The summed E-state index contributed by atoms with van der Waals surface area (Å²) in [5.41, 5.74) is 2.51. The summed E-state index contributed by atoms with van der Waals surface area (Å²) < 4.78 is 0. The summed E-state index contributed by atoms with van der Waals surface area (Å²) in [5.74, 6) is 3.15. The van der Waals surface area contributed by atoms with Gasteiger partial charge in [-0.05, 0) is 35.3 Å². The minimum Gasteiger partial charge on any atom is -0.299 e. The van der Waals surface area contributed by atoms with Crippen LogP contribution in [0, 0.1) is 0 Å². The van der Waals surface area contributed by atoms with Crippen LogP contribution in [0.25, 0.3) is 0 Å². The van der Waals surface area contributed by atoms with Crippen molar-refractivity contribution in [2.45, 2.75) is 52.0 Å². The number of anilines is 1. The van der Waals surface area contributed by atoms with Crippen LogP contribution in [0.15, 0.2) is 24.3 Å². The van der Waals surface area contributed by atoms with Crippen LogP contribution in [0.3, 0.4) is 0 Å². The van der Waals surface area contributed by atoms with Crippen LogP contribution in [-0.2, 0) is 5.41 Å². The summed E-state index contributed by atoms with van der Waals surface area (Å²) in [7, 11) is 0. The zero-order valence-corrected chi connectivity index (χ0v) is 15.7. The second-order valence-electron chi connectivity index (χ2n) is 6.83. The Kier molecular flexibility index (Phi) is 6.27. The first-order valence-corrected chi connectivity index (χ1v) is 10.2. The molecule has 0 aromatic heterocycles. The van der Waals surface area contributed by atoms with Gasteiger partial charge in [-0.3, -0.25) is 9.69 Å². The lowest BCUT2D eigenvalue weighted by atomic mass is 9.87. The van der Waals surface area contributed by atoms with Crippen LogP contribution in [0.4, 0.5) is 10.5 Å². The van der Waals surface area contributed by atoms with Gasteiger partial charge in [0.15, 0.2) is 0 Å². The number of unbranched alkanes of at least 4 members (excludes halogenated alkanes) is 1. The molecule has 0 aliphatic carbocycles. The molecule has 1 heterocycles. The van der Waals surface area contributed by atoms with Crippen LogP contribution < -0.4 is 4.90 Å². The molecule has 0 N–H and O–H groups in total. The topological polar surface area (TPSA) is 20.3 Å². The van der Waals surface area contributed by atoms with E-state index in [0.29, 0.717) is 6.04 Å². The molecule has 1 atom stereocenters. The molecule has 122 valence electrons. The van der Waals surface area contributed by atoms with Gasteiger partial charge >= 0.3 is 0 Å². The van der Waals surface area contributed by atoms with E-state index in [4.69, 9.17) is 0 Å². The van der Waals surface area contributed by atoms with Crippen molar-refractivity contribution in [3.05, 3.63) is 29.8 Å². The molecule has 0 radical (unpaired) electrons. The van der Waals surface area contributed by atoms with E-state index in [1.807, 2.05) is 16.7 Å². The molecule has 0 saturated carbocycles. The van der Waals surface area contributed by atoms with Gasteiger partial charge in [0, 0.05) is 17.2 Å². The summed E-state index contributed by atoms with van der Waals surface area (Å²) in [6.07, 6.45) is 2.50. The molecule has 2 nitrogen and oxygen atoms in total. The van der Waals surface area contributed by atoms with Crippen molar-refractivity contribution >= 4 is 34.5 Å². The van der Waals surface area contributed by atoms with Gasteiger partial charge in [-0.2, -0.15) is 11.8 Å². The SMILES string of the molecule is CCCCSC[C@H]1CSC(=O)N1c1ccc(C(C)(C)C)cc1. The van der Waals surface area contributed by atoms with Crippen molar-refractivity contribution in [1.82, 2.24) is 0 Å². The van der Waals surface area contributed by atoms with E-state index in [1.54, 1.807) is 0 Å². The smallest absolute Gasteiger partial charge is 0.286 e. The first-order chi connectivity index (χ1) is 10.4. The molecule has 1 amide bonds. The highest BCUT2D eigenvalue weighted by molar-refractivity contribution is 8.14. The molecule has 1 aliphatic rings. The maximum atomic E-state index is 12.2. The van der Waals surface area contributed by atoms with Gasteiger partial charge in [-0.1, -0.05) is 58.0 Å². The lowest BCUT2D eigenvalue weighted by molar-refractivity contribution is 0.265. The fourth-order valence-electron chi connectivity index (χ4n) is 2.49. The van der Waals surface area contributed by atoms with E-state index in [9.17, 15) is 4.79 Å². The second kappa shape index (κ2) is 7.78. The molecule has 1 fully saturated rings. The summed E-state index contributed by atoms with van der Waals surface area (Å²) in [6.45, 7) is 8.86. The van der Waals surface area contributed by atoms with Gasteiger partial charge in [0.25, 0.3) is 5.24 Å². The molecule has 0 spiro atoms. The van der Waals surface area contributed by atoms with Gasteiger partial charge in [-0.15, -0.1) is 0 Å². The Morgan fingerprint density at radius 2 is 1.95 bits per heavy atom. The van der Waals surface area contributed by atoms with Crippen LogP contribution >= 0.6 is 23.5 Å². The van der Waals surface area contributed by atoms with Crippen LogP contribution in [0.5, 0.6) is 0 Å². The fraction of sp³-hybridized carbons (Fsp3) is 0.611. The number of amides is 1. The molecule has 2 rings (SSSR count). The zero-order valence-electron chi connectivity index (χ0n) is 14.1. The van der Waals surface area contributed by atoms with Gasteiger partial charge in [0.2, 0.25) is 0 Å². The number of hydrogen-bond donors (Lipinski definition) is 0. The number of thioether (sulfide) groups is 2. The summed E-state index contributed by atoms with van der Waals surface area (Å²) in [6, 6.07) is 8.86. The molecule has 0 bridgehead atoms. The Labute approximate surface area is 143 Å². The highest BCUT2D eigenvalue weighted by Gasteiger charge is 2.32. The minimum atomic E-state index is 0.151. The lowest BCUT2D eigenvalue weighted by Crippen LogP contribution is -2.35.